The molecule has 0 N–H and O–H groups in total. The minimum Gasteiger partial charge on any atom is -0.465 e. The van der Waals surface area contributed by atoms with Gasteiger partial charge in [-0.1, -0.05) is 11.6 Å². The zero-order chi connectivity index (χ0) is 21.3. The molecule has 1 atom stereocenters. The number of aromatic nitrogens is 4. The molecular formula is C20H21ClN4O5. The number of rotatable bonds is 6. The second-order valence-corrected chi connectivity index (χ2v) is 7.43. The van der Waals surface area contributed by atoms with Crippen molar-refractivity contribution in [2.75, 3.05) is 13.2 Å². The van der Waals surface area contributed by atoms with Crippen molar-refractivity contribution in [2.45, 2.75) is 39.0 Å². The molecule has 3 heterocycles. The summed E-state index contributed by atoms with van der Waals surface area (Å²) in [6, 6.07) is 6.66. The number of hydrogen-bond donors (Lipinski definition) is 0. The van der Waals surface area contributed by atoms with Gasteiger partial charge in [-0.15, -0.1) is 0 Å². The fraction of sp³-hybridized carbons (Fsp3) is 0.400. The molecule has 4 rings (SSSR count). The summed E-state index contributed by atoms with van der Waals surface area (Å²) >= 11 is 5.99. The third-order valence-electron chi connectivity index (χ3n) is 5.00. The van der Waals surface area contributed by atoms with Crippen molar-refractivity contribution >= 4 is 28.7 Å². The van der Waals surface area contributed by atoms with E-state index in [0.29, 0.717) is 17.3 Å². The van der Waals surface area contributed by atoms with Crippen molar-refractivity contribution in [1.29, 1.82) is 0 Å². The first-order chi connectivity index (χ1) is 14.5. The second-order valence-electron chi connectivity index (χ2n) is 6.99. The van der Waals surface area contributed by atoms with Crippen molar-refractivity contribution in [1.82, 2.24) is 18.7 Å². The van der Waals surface area contributed by atoms with Crippen LogP contribution in [0.5, 0.6) is 0 Å². The molecule has 1 aromatic carbocycles. The molecule has 0 bridgehead atoms. The molecule has 1 unspecified atom stereocenters. The van der Waals surface area contributed by atoms with Crippen LogP contribution in [-0.2, 0) is 27.4 Å². The molecule has 9 nitrogen and oxygen atoms in total. The molecule has 0 aliphatic carbocycles. The van der Waals surface area contributed by atoms with Crippen LogP contribution in [0.25, 0.3) is 16.9 Å². The van der Waals surface area contributed by atoms with Gasteiger partial charge >= 0.3 is 11.7 Å². The summed E-state index contributed by atoms with van der Waals surface area (Å²) in [6.45, 7) is 2.48. The normalized spacial score (nSPS) is 16.3. The van der Waals surface area contributed by atoms with E-state index >= 15 is 0 Å². The molecule has 0 saturated carbocycles. The Hall–Kier alpha value is -2.91. The zero-order valence-corrected chi connectivity index (χ0v) is 17.2. The lowest BCUT2D eigenvalue weighted by Crippen LogP contribution is -2.42. The topological polar surface area (TPSA) is 97.4 Å². The summed E-state index contributed by atoms with van der Waals surface area (Å²) in [5.74, 6) is -0.494. The lowest BCUT2D eigenvalue weighted by atomic mass is 10.2. The van der Waals surface area contributed by atoms with E-state index in [4.69, 9.17) is 21.1 Å². The molecule has 0 radical (unpaired) electrons. The van der Waals surface area contributed by atoms with Gasteiger partial charge < -0.3 is 14.0 Å². The van der Waals surface area contributed by atoms with E-state index in [2.05, 4.69) is 4.98 Å². The van der Waals surface area contributed by atoms with E-state index in [9.17, 15) is 14.4 Å². The Kier molecular flexibility index (Phi) is 5.74. The lowest BCUT2D eigenvalue weighted by molar-refractivity contribution is -0.143. The van der Waals surface area contributed by atoms with Gasteiger partial charge in [0.2, 0.25) is 0 Å². The van der Waals surface area contributed by atoms with E-state index in [-0.39, 0.29) is 37.0 Å². The molecule has 30 heavy (non-hydrogen) atoms. The van der Waals surface area contributed by atoms with Gasteiger partial charge in [0, 0.05) is 11.6 Å². The molecule has 1 aliphatic rings. The molecule has 0 spiro atoms. The molecule has 158 valence electrons. The highest BCUT2D eigenvalue weighted by Crippen LogP contribution is 2.17. The quantitative estimate of drug-likeness (QED) is 0.550. The van der Waals surface area contributed by atoms with Crippen molar-refractivity contribution < 1.29 is 14.3 Å². The van der Waals surface area contributed by atoms with Gasteiger partial charge in [-0.3, -0.25) is 14.2 Å². The van der Waals surface area contributed by atoms with Crippen molar-refractivity contribution in [3.8, 4) is 5.69 Å². The van der Waals surface area contributed by atoms with E-state index in [1.54, 1.807) is 31.2 Å². The molecule has 1 fully saturated rings. The second kappa shape index (κ2) is 8.45. The van der Waals surface area contributed by atoms with Crippen molar-refractivity contribution in [3.63, 3.8) is 0 Å². The number of carbonyl (C=O) groups is 1. The van der Waals surface area contributed by atoms with Crippen LogP contribution in [-0.4, -0.2) is 44.0 Å². The molecule has 2 aromatic heterocycles. The largest absolute Gasteiger partial charge is 0.465 e. The van der Waals surface area contributed by atoms with Gasteiger partial charge in [-0.25, -0.2) is 14.3 Å². The third-order valence-corrected chi connectivity index (χ3v) is 5.25. The van der Waals surface area contributed by atoms with E-state index in [1.165, 1.54) is 15.5 Å². The number of imidazole rings is 1. The smallest absolute Gasteiger partial charge is 0.337 e. The molecule has 3 aromatic rings. The van der Waals surface area contributed by atoms with E-state index in [0.717, 1.165) is 17.4 Å². The molecule has 1 saturated heterocycles. The summed E-state index contributed by atoms with van der Waals surface area (Å²) in [5.41, 5.74) is -0.211. The van der Waals surface area contributed by atoms with Crippen molar-refractivity contribution in [3.05, 3.63) is 56.5 Å². The SMILES string of the molecule is CCOC(=O)Cn1cnc2c1c(=O)n(CC1CCCO1)c(=O)n2-c1ccc(Cl)cc1. The van der Waals surface area contributed by atoms with Gasteiger partial charge in [0.15, 0.2) is 11.2 Å². The summed E-state index contributed by atoms with van der Waals surface area (Å²) in [4.78, 5) is 42.8. The Morgan fingerprint density at radius 3 is 2.73 bits per heavy atom. The zero-order valence-electron chi connectivity index (χ0n) is 16.4. The van der Waals surface area contributed by atoms with E-state index in [1.807, 2.05) is 0 Å². The summed E-state index contributed by atoms with van der Waals surface area (Å²) < 4.78 is 14.5. The van der Waals surface area contributed by atoms with Crippen LogP contribution in [0, 0.1) is 0 Å². The number of hydrogen-bond acceptors (Lipinski definition) is 6. The van der Waals surface area contributed by atoms with Crippen LogP contribution in [0.3, 0.4) is 0 Å². The molecule has 0 amide bonds. The lowest BCUT2D eigenvalue weighted by Gasteiger charge is -2.15. The number of fused-ring (bicyclic) bond motifs is 1. The van der Waals surface area contributed by atoms with Crippen LogP contribution < -0.4 is 11.2 Å². The number of carbonyl (C=O) groups excluding carboxylic acids is 1. The van der Waals surface area contributed by atoms with Gasteiger partial charge in [0.25, 0.3) is 5.56 Å². The maximum Gasteiger partial charge on any atom is 0.337 e. The molecular weight excluding hydrogens is 412 g/mol. The Morgan fingerprint density at radius 1 is 1.30 bits per heavy atom. The maximum absolute atomic E-state index is 13.3. The third kappa shape index (κ3) is 3.78. The highest BCUT2D eigenvalue weighted by molar-refractivity contribution is 6.30. The Labute approximate surface area is 176 Å². The fourth-order valence-electron chi connectivity index (χ4n) is 3.62. The number of benzene rings is 1. The van der Waals surface area contributed by atoms with Gasteiger partial charge in [0.05, 0.1) is 31.3 Å². The number of halogens is 1. The first kappa shape index (κ1) is 20.4. The minimum atomic E-state index is -0.522. The molecule has 1 aliphatic heterocycles. The van der Waals surface area contributed by atoms with Crippen LogP contribution >= 0.6 is 11.6 Å². The fourth-order valence-corrected chi connectivity index (χ4v) is 3.75. The first-order valence-electron chi connectivity index (χ1n) is 9.73. The number of nitrogens with zero attached hydrogens (tertiary/aromatic N) is 4. The highest BCUT2D eigenvalue weighted by atomic mass is 35.5. The van der Waals surface area contributed by atoms with Gasteiger partial charge in [-0.2, -0.15) is 0 Å². The summed E-state index contributed by atoms with van der Waals surface area (Å²) in [5, 5.41) is 0.517. The standard InChI is InChI=1S/C20H21ClN4O5/c1-2-29-16(26)11-23-12-22-18-17(23)19(27)24(10-15-4-3-9-30-15)20(28)25(18)14-7-5-13(21)6-8-14/h5-8,12,15H,2-4,9-11H2,1H3. The minimum absolute atomic E-state index is 0.131. The maximum atomic E-state index is 13.3. The number of ether oxygens (including phenoxy) is 2. The number of esters is 1. The Bertz CT molecular complexity index is 1190. The predicted molar refractivity (Wildman–Crippen MR) is 110 cm³/mol. The average molecular weight is 433 g/mol. The highest BCUT2D eigenvalue weighted by Gasteiger charge is 2.24. The first-order valence-corrected chi connectivity index (χ1v) is 10.1. The Morgan fingerprint density at radius 2 is 2.07 bits per heavy atom. The van der Waals surface area contributed by atoms with Crippen LogP contribution in [0.1, 0.15) is 19.8 Å². The monoisotopic (exact) mass is 432 g/mol. The van der Waals surface area contributed by atoms with Crippen LogP contribution in [0.15, 0.2) is 40.2 Å². The summed E-state index contributed by atoms with van der Waals surface area (Å²) in [6.07, 6.45) is 2.81. The van der Waals surface area contributed by atoms with Crippen LogP contribution in [0.4, 0.5) is 0 Å². The molecule has 10 heteroatoms. The predicted octanol–water partition coefficient (Wildman–Crippen LogP) is 1.74. The average Bonchev–Trinajstić information content (AvgIpc) is 3.37. The van der Waals surface area contributed by atoms with Gasteiger partial charge in [-0.05, 0) is 44.0 Å². The van der Waals surface area contributed by atoms with Crippen molar-refractivity contribution in [2.24, 2.45) is 0 Å². The summed E-state index contributed by atoms with van der Waals surface area (Å²) in [7, 11) is 0. The Balaban J connectivity index is 1.93. The van der Waals surface area contributed by atoms with E-state index < -0.39 is 17.2 Å². The van der Waals surface area contributed by atoms with Crippen LogP contribution in [0.2, 0.25) is 5.02 Å². The van der Waals surface area contributed by atoms with Gasteiger partial charge in [0.1, 0.15) is 6.54 Å².